The Hall–Kier alpha value is -1.14. The first-order valence-corrected chi connectivity index (χ1v) is 8.82. The van der Waals surface area contributed by atoms with Crippen LogP contribution in [0.2, 0.25) is 6.04 Å². The normalized spacial score (nSPS) is 11.3. The first-order chi connectivity index (χ1) is 9.76. The van der Waals surface area contributed by atoms with Crippen LogP contribution >= 0.6 is 0 Å². The molecule has 0 unspecified atom stereocenters. The van der Waals surface area contributed by atoms with E-state index in [1.165, 1.54) is 5.56 Å². The van der Waals surface area contributed by atoms with Crippen molar-refractivity contribution in [2.75, 3.05) is 27.4 Å². The molecule has 4 nitrogen and oxygen atoms in total. The van der Waals surface area contributed by atoms with Gasteiger partial charge in [0.15, 0.2) is 0 Å². The quantitative estimate of drug-likeness (QED) is 0.503. The Morgan fingerprint density at radius 2 is 1.90 bits per heavy atom. The predicted molar refractivity (Wildman–Crippen MR) is 83.5 cm³/mol. The van der Waals surface area contributed by atoms with Gasteiger partial charge in [-0.05, 0) is 24.6 Å². The van der Waals surface area contributed by atoms with Crippen molar-refractivity contribution in [1.29, 1.82) is 0 Å². The third-order valence-corrected chi connectivity index (χ3v) is 5.98. The van der Waals surface area contributed by atoms with E-state index in [2.05, 4.69) is 24.0 Å². The second-order valence-corrected chi connectivity index (χ2v) is 7.41. The van der Waals surface area contributed by atoms with E-state index in [1.807, 2.05) is 18.2 Å². The Bertz CT molecular complexity index is 369. The SMILES string of the molecule is C=CNCCC[Si](OC)(OC)OCCc1ccccc1. The number of hydrogen-bond donors (Lipinski definition) is 1. The summed E-state index contributed by atoms with van der Waals surface area (Å²) >= 11 is 0. The smallest absolute Gasteiger partial charge is 0.391 e. The second kappa shape index (κ2) is 9.71. The number of hydrogen-bond acceptors (Lipinski definition) is 4. The summed E-state index contributed by atoms with van der Waals surface area (Å²) in [5.74, 6) is 0. The molecule has 1 N–H and O–H groups in total. The van der Waals surface area contributed by atoms with E-state index < -0.39 is 8.80 Å². The van der Waals surface area contributed by atoms with Crippen LogP contribution in [0.3, 0.4) is 0 Å². The van der Waals surface area contributed by atoms with Crippen molar-refractivity contribution in [2.24, 2.45) is 0 Å². The molecule has 0 aliphatic heterocycles. The van der Waals surface area contributed by atoms with Crippen LogP contribution in [0.1, 0.15) is 12.0 Å². The highest BCUT2D eigenvalue weighted by atomic mass is 28.4. The van der Waals surface area contributed by atoms with Crippen molar-refractivity contribution in [3.05, 3.63) is 48.7 Å². The largest absolute Gasteiger partial charge is 0.500 e. The van der Waals surface area contributed by atoms with Crippen LogP contribution in [-0.2, 0) is 19.7 Å². The van der Waals surface area contributed by atoms with Gasteiger partial charge in [-0.15, -0.1) is 0 Å². The molecule has 0 saturated carbocycles. The van der Waals surface area contributed by atoms with Crippen LogP contribution in [0.5, 0.6) is 0 Å². The van der Waals surface area contributed by atoms with E-state index in [0.29, 0.717) is 6.61 Å². The van der Waals surface area contributed by atoms with E-state index in [-0.39, 0.29) is 0 Å². The molecule has 0 aliphatic rings. The van der Waals surface area contributed by atoms with Crippen LogP contribution in [0.4, 0.5) is 0 Å². The lowest BCUT2D eigenvalue weighted by Gasteiger charge is -2.26. The fraction of sp³-hybridized carbons (Fsp3) is 0.467. The van der Waals surface area contributed by atoms with Crippen molar-refractivity contribution in [1.82, 2.24) is 5.32 Å². The Morgan fingerprint density at radius 3 is 2.50 bits per heavy atom. The van der Waals surface area contributed by atoms with Gasteiger partial charge in [0.1, 0.15) is 0 Å². The summed E-state index contributed by atoms with van der Waals surface area (Å²) in [7, 11) is 0.810. The molecule has 0 aliphatic carbocycles. The summed E-state index contributed by atoms with van der Waals surface area (Å²) in [6.45, 7) is 5.10. The zero-order valence-electron chi connectivity index (χ0n) is 12.4. The number of nitrogens with one attached hydrogen (secondary N) is 1. The van der Waals surface area contributed by atoms with Crippen molar-refractivity contribution in [2.45, 2.75) is 18.9 Å². The maximum absolute atomic E-state index is 5.95. The fourth-order valence-electron chi connectivity index (χ4n) is 1.96. The van der Waals surface area contributed by atoms with Crippen molar-refractivity contribution in [3.8, 4) is 0 Å². The Morgan fingerprint density at radius 1 is 1.20 bits per heavy atom. The van der Waals surface area contributed by atoms with Gasteiger partial charge in [0.25, 0.3) is 0 Å². The van der Waals surface area contributed by atoms with Gasteiger partial charge < -0.3 is 18.6 Å². The summed E-state index contributed by atoms with van der Waals surface area (Å²) < 4.78 is 17.0. The third kappa shape index (κ3) is 5.88. The summed E-state index contributed by atoms with van der Waals surface area (Å²) in [6.07, 6.45) is 3.50. The van der Waals surface area contributed by atoms with Gasteiger partial charge >= 0.3 is 8.80 Å². The molecule has 20 heavy (non-hydrogen) atoms. The fourth-order valence-corrected chi connectivity index (χ4v) is 3.93. The molecule has 0 heterocycles. The monoisotopic (exact) mass is 295 g/mol. The van der Waals surface area contributed by atoms with Crippen molar-refractivity contribution in [3.63, 3.8) is 0 Å². The Kier molecular flexibility index (Phi) is 8.21. The zero-order chi connectivity index (χ0) is 14.7. The number of rotatable bonds is 11. The highest BCUT2D eigenvalue weighted by Gasteiger charge is 2.38. The first-order valence-electron chi connectivity index (χ1n) is 6.89. The van der Waals surface area contributed by atoms with Crippen LogP contribution in [-0.4, -0.2) is 36.2 Å². The average molecular weight is 295 g/mol. The summed E-state index contributed by atoms with van der Waals surface area (Å²) in [5.41, 5.74) is 1.26. The average Bonchev–Trinajstić information content (AvgIpc) is 2.51. The molecule has 0 radical (unpaired) electrons. The van der Waals surface area contributed by atoms with Crippen LogP contribution in [0.15, 0.2) is 43.1 Å². The molecule has 1 aromatic rings. The van der Waals surface area contributed by atoms with Gasteiger partial charge in [-0.2, -0.15) is 0 Å². The maximum Gasteiger partial charge on any atom is 0.500 e. The minimum absolute atomic E-state index is 0.618. The van der Waals surface area contributed by atoms with Crippen molar-refractivity contribution >= 4 is 8.80 Å². The summed E-state index contributed by atoms with van der Waals surface area (Å²) in [4.78, 5) is 0. The van der Waals surface area contributed by atoms with E-state index in [1.54, 1.807) is 20.4 Å². The minimum atomic E-state index is -2.52. The molecule has 1 rings (SSSR count). The molecule has 0 saturated heterocycles. The van der Waals surface area contributed by atoms with Gasteiger partial charge in [0.2, 0.25) is 0 Å². The predicted octanol–water partition coefficient (Wildman–Crippen LogP) is 2.60. The van der Waals surface area contributed by atoms with Gasteiger partial charge in [-0.25, -0.2) is 0 Å². The highest BCUT2D eigenvalue weighted by Crippen LogP contribution is 2.16. The van der Waals surface area contributed by atoms with E-state index >= 15 is 0 Å². The molecular weight excluding hydrogens is 270 g/mol. The van der Waals surface area contributed by atoms with Crippen LogP contribution in [0, 0.1) is 0 Å². The molecular formula is C15H25NO3Si. The third-order valence-electron chi connectivity index (χ3n) is 3.13. The standard InChI is InChI=1S/C15H25NO3Si/c1-4-16-12-8-14-20(17-2,18-3)19-13-11-15-9-6-5-7-10-15/h4-7,9-10,16H,1,8,11-14H2,2-3H3. The molecule has 112 valence electrons. The van der Waals surface area contributed by atoms with E-state index in [4.69, 9.17) is 13.3 Å². The van der Waals surface area contributed by atoms with Gasteiger partial charge in [-0.1, -0.05) is 36.9 Å². The Labute approximate surface area is 123 Å². The van der Waals surface area contributed by atoms with Crippen LogP contribution < -0.4 is 5.32 Å². The van der Waals surface area contributed by atoms with Gasteiger partial charge in [0, 0.05) is 33.4 Å². The van der Waals surface area contributed by atoms with Crippen molar-refractivity contribution < 1.29 is 13.3 Å². The molecule has 0 amide bonds. The van der Waals surface area contributed by atoms with E-state index in [0.717, 1.165) is 25.4 Å². The molecule has 5 heteroatoms. The zero-order valence-corrected chi connectivity index (χ0v) is 13.4. The Balaban J connectivity index is 2.38. The molecule has 0 aromatic heterocycles. The second-order valence-electron chi connectivity index (χ2n) is 4.44. The molecule has 0 spiro atoms. The van der Waals surface area contributed by atoms with Crippen LogP contribution in [0.25, 0.3) is 0 Å². The molecule has 0 bridgehead atoms. The van der Waals surface area contributed by atoms with Gasteiger partial charge in [-0.3, -0.25) is 0 Å². The number of benzene rings is 1. The lowest BCUT2D eigenvalue weighted by molar-refractivity contribution is 0.0989. The molecule has 0 atom stereocenters. The highest BCUT2D eigenvalue weighted by molar-refractivity contribution is 6.60. The molecule has 0 fully saturated rings. The van der Waals surface area contributed by atoms with Gasteiger partial charge in [0.05, 0.1) is 0 Å². The first kappa shape index (κ1) is 16.9. The lowest BCUT2D eigenvalue weighted by Crippen LogP contribution is -2.44. The maximum atomic E-state index is 5.95. The summed E-state index contributed by atoms with van der Waals surface area (Å²) in [6, 6.07) is 11.1. The minimum Gasteiger partial charge on any atom is -0.391 e. The van der Waals surface area contributed by atoms with E-state index in [9.17, 15) is 0 Å². The lowest BCUT2D eigenvalue weighted by atomic mass is 10.2. The summed E-state index contributed by atoms with van der Waals surface area (Å²) in [5, 5.41) is 3.07. The molecule has 1 aromatic carbocycles. The topological polar surface area (TPSA) is 39.7 Å².